The van der Waals surface area contributed by atoms with Crippen LogP contribution in [0.2, 0.25) is 0 Å². The van der Waals surface area contributed by atoms with E-state index in [1.807, 2.05) is 14.0 Å². The molecule has 0 unspecified atom stereocenters. The Morgan fingerprint density at radius 3 is 2.43 bits per heavy atom. The maximum absolute atomic E-state index is 8.02. The van der Waals surface area contributed by atoms with Crippen molar-refractivity contribution >= 4 is 17.7 Å². The molecule has 7 rings (SSSR count). The summed E-state index contributed by atoms with van der Waals surface area (Å²) in [6.45, 7) is 9.80. The van der Waals surface area contributed by atoms with Crippen LogP contribution in [0.1, 0.15) is 79.6 Å². The van der Waals surface area contributed by atoms with Gasteiger partial charge in [-0.2, -0.15) is 5.10 Å². The van der Waals surface area contributed by atoms with Gasteiger partial charge in [0.1, 0.15) is 5.82 Å². The minimum absolute atomic E-state index is 0.447. The first-order valence-corrected chi connectivity index (χ1v) is 13.7. The van der Waals surface area contributed by atoms with Crippen LogP contribution in [0.15, 0.2) is 6.07 Å². The number of anilines is 2. The minimum atomic E-state index is 0.447. The van der Waals surface area contributed by atoms with Crippen LogP contribution in [-0.4, -0.2) is 58.1 Å². The van der Waals surface area contributed by atoms with Crippen molar-refractivity contribution in [2.75, 3.05) is 36.9 Å². The number of aromatic nitrogens is 3. The second kappa shape index (κ2) is 8.61. The molecule has 2 bridgehead atoms. The fraction of sp³-hybridized carbons (Fsp3) is 0.679. The minimum Gasteiger partial charge on any atom is -0.373 e. The van der Waals surface area contributed by atoms with Crippen LogP contribution >= 0.6 is 0 Å². The highest BCUT2D eigenvalue weighted by atomic mass is 15.3. The fourth-order valence-corrected chi connectivity index (χ4v) is 7.72. The van der Waals surface area contributed by atoms with E-state index in [1.165, 1.54) is 87.6 Å². The molecule has 0 radical (unpaired) electrons. The van der Waals surface area contributed by atoms with Crippen molar-refractivity contribution in [2.45, 2.75) is 90.3 Å². The smallest absolute Gasteiger partial charge is 0.136 e. The lowest BCUT2D eigenvalue weighted by Gasteiger charge is -2.57. The standard InChI is InChI=1S/C28H41N7/c1-20-16-25(22(17-29)26(30-3)31-20)33-15-6-24-23(18-33)21(2)32-35(24)19-27-7-10-28(11-8-27,12-9-27)34-13-4-5-14-34/h16-17,29H,4-15,18-19H2,1-3H3,(H,30,31). The van der Waals surface area contributed by atoms with Crippen molar-refractivity contribution in [1.29, 1.82) is 5.41 Å². The zero-order chi connectivity index (χ0) is 24.2. The van der Waals surface area contributed by atoms with E-state index in [0.29, 0.717) is 11.0 Å². The number of nitrogens with one attached hydrogen (secondary N) is 2. The zero-order valence-electron chi connectivity index (χ0n) is 21.8. The van der Waals surface area contributed by atoms with E-state index in [9.17, 15) is 0 Å². The monoisotopic (exact) mass is 475 g/mol. The molecular formula is C28H41N7. The van der Waals surface area contributed by atoms with E-state index >= 15 is 0 Å². The molecule has 2 aromatic rings. The summed E-state index contributed by atoms with van der Waals surface area (Å²) in [5.74, 6) is 0.784. The van der Waals surface area contributed by atoms with E-state index in [1.54, 1.807) is 0 Å². The maximum atomic E-state index is 8.02. The Morgan fingerprint density at radius 1 is 1.06 bits per heavy atom. The Morgan fingerprint density at radius 2 is 1.77 bits per heavy atom. The number of nitrogens with zero attached hydrogens (tertiary/aromatic N) is 5. The highest BCUT2D eigenvalue weighted by Gasteiger charge is 2.51. The van der Waals surface area contributed by atoms with Gasteiger partial charge in [0.2, 0.25) is 0 Å². The van der Waals surface area contributed by atoms with Gasteiger partial charge >= 0.3 is 0 Å². The number of pyridine rings is 1. The molecule has 2 aromatic heterocycles. The molecule has 0 atom stereocenters. The summed E-state index contributed by atoms with van der Waals surface area (Å²) >= 11 is 0. The normalized spacial score (nSPS) is 28.4. The molecular weight excluding hydrogens is 434 g/mol. The summed E-state index contributed by atoms with van der Waals surface area (Å²) in [4.78, 5) is 9.86. The van der Waals surface area contributed by atoms with Gasteiger partial charge in [0.25, 0.3) is 0 Å². The van der Waals surface area contributed by atoms with Gasteiger partial charge in [0.15, 0.2) is 0 Å². The van der Waals surface area contributed by atoms with Crippen LogP contribution in [-0.2, 0) is 19.5 Å². The SMILES string of the molecule is CNc1nc(C)cc(N2CCc3c(c(C)nn3CC34CCC(N5CCCC5)(CC3)CC4)C2)c1C=N. The van der Waals surface area contributed by atoms with Gasteiger partial charge in [-0.3, -0.25) is 9.58 Å². The molecule has 0 aromatic carbocycles. The Hall–Kier alpha value is -2.41. The third-order valence-corrected chi connectivity index (χ3v) is 9.85. The Balaban J connectivity index is 1.22. The van der Waals surface area contributed by atoms with Crippen LogP contribution in [0.4, 0.5) is 11.5 Å². The molecule has 0 amide bonds. The molecule has 7 nitrogen and oxygen atoms in total. The quantitative estimate of drug-likeness (QED) is 0.593. The van der Waals surface area contributed by atoms with Crippen LogP contribution in [0.3, 0.4) is 0 Å². The summed E-state index contributed by atoms with van der Waals surface area (Å²) in [5, 5.41) is 16.3. The fourth-order valence-electron chi connectivity index (χ4n) is 7.72. The van der Waals surface area contributed by atoms with Crippen LogP contribution < -0.4 is 10.2 Å². The first-order valence-electron chi connectivity index (χ1n) is 13.7. The molecule has 2 aliphatic heterocycles. The Labute approximate surface area is 209 Å². The van der Waals surface area contributed by atoms with Gasteiger partial charge in [-0.25, -0.2) is 4.98 Å². The largest absolute Gasteiger partial charge is 0.373 e. The summed E-state index contributed by atoms with van der Waals surface area (Å²) < 4.78 is 2.41. The van der Waals surface area contributed by atoms with E-state index in [4.69, 9.17) is 10.5 Å². The number of aryl methyl sites for hydroxylation is 2. The molecule has 0 spiro atoms. The molecule has 2 N–H and O–H groups in total. The van der Waals surface area contributed by atoms with Crippen molar-refractivity contribution in [1.82, 2.24) is 19.7 Å². The van der Waals surface area contributed by atoms with Crippen molar-refractivity contribution in [2.24, 2.45) is 5.41 Å². The third-order valence-electron chi connectivity index (χ3n) is 9.85. The molecule has 3 aliphatic carbocycles. The second-order valence-corrected chi connectivity index (χ2v) is 11.7. The topological polar surface area (TPSA) is 73.1 Å². The number of hydrogen-bond acceptors (Lipinski definition) is 6. The van der Waals surface area contributed by atoms with Gasteiger partial charge < -0.3 is 15.6 Å². The first-order chi connectivity index (χ1) is 17.0. The maximum Gasteiger partial charge on any atom is 0.136 e. The van der Waals surface area contributed by atoms with Crippen molar-refractivity contribution in [3.05, 3.63) is 34.3 Å². The first kappa shape index (κ1) is 23.0. The van der Waals surface area contributed by atoms with Gasteiger partial charge in [-0.05, 0) is 89.8 Å². The van der Waals surface area contributed by atoms with E-state index < -0.39 is 0 Å². The molecule has 4 fully saturated rings. The summed E-state index contributed by atoms with van der Waals surface area (Å²) in [5.41, 5.74) is 7.94. The molecule has 3 saturated carbocycles. The lowest BCUT2D eigenvalue weighted by atomic mass is 9.56. The number of fused-ring (bicyclic) bond motifs is 4. The number of likely N-dealkylation sites (tertiary alicyclic amines) is 1. The Kier molecular flexibility index (Phi) is 5.66. The highest BCUT2D eigenvalue weighted by molar-refractivity contribution is 5.92. The zero-order valence-corrected chi connectivity index (χ0v) is 21.8. The highest BCUT2D eigenvalue weighted by Crippen LogP contribution is 2.56. The van der Waals surface area contributed by atoms with Gasteiger partial charge in [0.05, 0.1) is 16.9 Å². The summed E-state index contributed by atoms with van der Waals surface area (Å²) in [6, 6.07) is 2.13. The second-order valence-electron chi connectivity index (χ2n) is 11.7. The van der Waals surface area contributed by atoms with Gasteiger partial charge in [-0.15, -0.1) is 0 Å². The Bertz CT molecular complexity index is 1100. The molecule has 1 saturated heterocycles. The van der Waals surface area contributed by atoms with Gasteiger partial charge in [0, 0.05) is 61.8 Å². The van der Waals surface area contributed by atoms with Crippen LogP contribution in [0.25, 0.3) is 0 Å². The van der Waals surface area contributed by atoms with E-state index in [2.05, 4.69) is 37.8 Å². The molecule has 4 heterocycles. The average molecular weight is 476 g/mol. The molecule has 5 aliphatic rings. The predicted molar refractivity (Wildman–Crippen MR) is 142 cm³/mol. The molecule has 188 valence electrons. The lowest BCUT2D eigenvalue weighted by molar-refractivity contribution is -0.0534. The van der Waals surface area contributed by atoms with Crippen LogP contribution in [0.5, 0.6) is 0 Å². The van der Waals surface area contributed by atoms with Crippen molar-refractivity contribution < 1.29 is 0 Å². The summed E-state index contributed by atoms with van der Waals surface area (Å²) in [7, 11) is 1.88. The average Bonchev–Trinajstić information content (AvgIpc) is 3.53. The van der Waals surface area contributed by atoms with E-state index in [0.717, 1.165) is 48.8 Å². The third kappa shape index (κ3) is 3.78. The number of rotatable bonds is 6. The predicted octanol–water partition coefficient (Wildman–Crippen LogP) is 4.69. The molecule has 7 heteroatoms. The van der Waals surface area contributed by atoms with Crippen molar-refractivity contribution in [3.8, 4) is 0 Å². The molecule has 35 heavy (non-hydrogen) atoms. The summed E-state index contributed by atoms with van der Waals surface area (Å²) in [6.07, 6.45) is 13.5. The van der Waals surface area contributed by atoms with Crippen LogP contribution in [0, 0.1) is 24.7 Å². The van der Waals surface area contributed by atoms with E-state index in [-0.39, 0.29) is 0 Å². The van der Waals surface area contributed by atoms with Crippen molar-refractivity contribution in [3.63, 3.8) is 0 Å². The lowest BCUT2D eigenvalue weighted by Crippen LogP contribution is -2.56. The number of hydrogen-bond donors (Lipinski definition) is 2. The van der Waals surface area contributed by atoms with Gasteiger partial charge in [-0.1, -0.05) is 0 Å².